The highest BCUT2D eigenvalue weighted by Gasteiger charge is 2.18. The summed E-state index contributed by atoms with van der Waals surface area (Å²) in [4.78, 5) is 14.6. The molecule has 1 heterocycles. The number of hydroxylamine groups is 1. The molecule has 1 rings (SSSR count). The highest BCUT2D eigenvalue weighted by atomic mass is 16.8. The molecule has 5 heteroatoms. The van der Waals surface area contributed by atoms with E-state index in [2.05, 4.69) is 4.84 Å². The van der Waals surface area contributed by atoms with E-state index in [4.69, 9.17) is 0 Å². The first-order chi connectivity index (χ1) is 4.30. The van der Waals surface area contributed by atoms with Crippen LogP contribution in [0.3, 0.4) is 0 Å². The second-order valence-corrected chi connectivity index (χ2v) is 1.85. The van der Waals surface area contributed by atoms with E-state index in [0.29, 0.717) is 13.2 Å². The second kappa shape index (κ2) is 2.63. The van der Waals surface area contributed by atoms with E-state index in [9.17, 15) is 10.1 Å². The van der Waals surface area contributed by atoms with Crippen molar-refractivity contribution in [2.45, 2.75) is 12.8 Å². The zero-order chi connectivity index (χ0) is 6.69. The average Bonchev–Trinajstić information content (AvgIpc) is 1.90. The van der Waals surface area contributed by atoms with Crippen LogP contribution < -0.4 is 0 Å². The third-order valence-electron chi connectivity index (χ3n) is 1.17. The normalized spacial score (nSPS) is 19.8. The Bertz CT molecular complexity index is 110. The monoisotopic (exact) mass is 132 g/mol. The van der Waals surface area contributed by atoms with Crippen LogP contribution in [0.25, 0.3) is 0 Å². The number of rotatable bonds is 1. The smallest absolute Gasteiger partial charge is 0.187 e. The van der Waals surface area contributed by atoms with Crippen molar-refractivity contribution in [3.63, 3.8) is 0 Å². The fourth-order valence-corrected chi connectivity index (χ4v) is 0.712. The summed E-state index contributed by atoms with van der Waals surface area (Å²) < 4.78 is 0. The topological polar surface area (TPSA) is 55.6 Å². The van der Waals surface area contributed by atoms with E-state index in [1.165, 1.54) is 0 Å². The zero-order valence-corrected chi connectivity index (χ0v) is 4.95. The molecule has 1 saturated heterocycles. The van der Waals surface area contributed by atoms with Crippen molar-refractivity contribution >= 4 is 0 Å². The predicted octanol–water partition coefficient (Wildman–Crippen LogP) is 0.205. The summed E-state index contributed by atoms with van der Waals surface area (Å²) in [6.07, 6.45) is 1.77. The largest absolute Gasteiger partial charge is 0.233 e. The number of nitro groups is 1. The Morgan fingerprint density at radius 3 is 2.67 bits per heavy atom. The summed E-state index contributed by atoms with van der Waals surface area (Å²) in [7, 11) is 0. The highest BCUT2D eigenvalue weighted by Crippen LogP contribution is 2.04. The lowest BCUT2D eigenvalue weighted by Crippen LogP contribution is -2.34. The molecule has 0 atom stereocenters. The fourth-order valence-electron chi connectivity index (χ4n) is 0.712. The molecule has 0 spiro atoms. The Hall–Kier alpha value is -0.840. The molecular formula is C4H8N2O3. The van der Waals surface area contributed by atoms with Crippen molar-refractivity contribution in [1.82, 2.24) is 5.17 Å². The van der Waals surface area contributed by atoms with E-state index in [-0.39, 0.29) is 0 Å². The number of hydrazine groups is 1. The van der Waals surface area contributed by atoms with Gasteiger partial charge in [0.1, 0.15) is 6.54 Å². The summed E-state index contributed by atoms with van der Waals surface area (Å²) in [5.74, 6) is 0. The van der Waals surface area contributed by atoms with Crippen LogP contribution in [0.1, 0.15) is 12.8 Å². The van der Waals surface area contributed by atoms with Gasteiger partial charge in [-0.1, -0.05) is 0 Å². The minimum atomic E-state index is -0.529. The van der Waals surface area contributed by atoms with Gasteiger partial charge in [-0.3, -0.25) is 0 Å². The van der Waals surface area contributed by atoms with Crippen molar-refractivity contribution in [3.05, 3.63) is 10.1 Å². The van der Waals surface area contributed by atoms with E-state index >= 15 is 0 Å². The maximum atomic E-state index is 9.96. The molecule has 5 nitrogen and oxygen atoms in total. The minimum absolute atomic E-state index is 0.410. The summed E-state index contributed by atoms with van der Waals surface area (Å²) in [5, 5.41) is 10.2. The Kier molecular flexibility index (Phi) is 1.84. The molecular weight excluding hydrogens is 124 g/mol. The maximum Gasteiger partial charge on any atom is 0.187 e. The van der Waals surface area contributed by atoms with Crippen molar-refractivity contribution < 1.29 is 9.87 Å². The van der Waals surface area contributed by atoms with Gasteiger partial charge in [0.05, 0.1) is 6.61 Å². The van der Waals surface area contributed by atoms with Gasteiger partial charge in [-0.25, -0.2) is 15.0 Å². The molecule has 1 aliphatic heterocycles. The molecule has 0 aliphatic carbocycles. The van der Waals surface area contributed by atoms with Gasteiger partial charge < -0.3 is 0 Å². The van der Waals surface area contributed by atoms with Gasteiger partial charge in [0.2, 0.25) is 0 Å². The van der Waals surface area contributed by atoms with Crippen LogP contribution in [0.4, 0.5) is 0 Å². The molecule has 0 unspecified atom stereocenters. The van der Waals surface area contributed by atoms with Crippen molar-refractivity contribution in [1.29, 1.82) is 0 Å². The highest BCUT2D eigenvalue weighted by molar-refractivity contribution is 4.43. The minimum Gasteiger partial charge on any atom is -0.233 e. The molecule has 0 bridgehead atoms. The fraction of sp³-hybridized carbons (Fsp3) is 1.00. The molecule has 0 amide bonds. The van der Waals surface area contributed by atoms with Crippen LogP contribution >= 0.6 is 0 Å². The zero-order valence-electron chi connectivity index (χ0n) is 4.95. The number of hydrogen-bond acceptors (Lipinski definition) is 3. The third-order valence-corrected chi connectivity index (χ3v) is 1.17. The molecule has 0 radical (unpaired) electrons. The van der Waals surface area contributed by atoms with Gasteiger partial charge in [0.15, 0.2) is 5.03 Å². The molecule has 0 aromatic rings. The quantitative estimate of drug-likeness (QED) is 0.378. The van der Waals surface area contributed by atoms with Gasteiger partial charge in [0, 0.05) is 5.17 Å². The molecule has 0 N–H and O–H groups in total. The lowest BCUT2D eigenvalue weighted by atomic mass is 10.3. The maximum absolute atomic E-state index is 9.96. The van der Waals surface area contributed by atoms with Gasteiger partial charge in [-0.15, -0.1) is 0 Å². The summed E-state index contributed by atoms with van der Waals surface area (Å²) in [6, 6.07) is 0. The van der Waals surface area contributed by atoms with Crippen LogP contribution in [0.2, 0.25) is 0 Å². The van der Waals surface area contributed by atoms with Crippen LogP contribution in [-0.2, 0) is 4.84 Å². The first-order valence-electron chi connectivity index (χ1n) is 2.85. The Labute approximate surface area is 52.3 Å². The van der Waals surface area contributed by atoms with Gasteiger partial charge in [-0.05, 0) is 12.8 Å². The number of nitrogens with zero attached hydrogens (tertiary/aromatic N) is 2. The van der Waals surface area contributed by atoms with Gasteiger partial charge in [-0.2, -0.15) is 0 Å². The van der Waals surface area contributed by atoms with Crippen LogP contribution in [0.5, 0.6) is 0 Å². The summed E-state index contributed by atoms with van der Waals surface area (Å²) in [5.41, 5.74) is 0. The average molecular weight is 132 g/mol. The van der Waals surface area contributed by atoms with Crippen molar-refractivity contribution in [2.24, 2.45) is 0 Å². The molecule has 52 valence electrons. The number of hydrogen-bond donors (Lipinski definition) is 0. The van der Waals surface area contributed by atoms with E-state index < -0.39 is 5.03 Å². The van der Waals surface area contributed by atoms with Gasteiger partial charge in [0.25, 0.3) is 0 Å². The van der Waals surface area contributed by atoms with E-state index in [0.717, 1.165) is 18.0 Å². The molecule has 0 aromatic heterocycles. The van der Waals surface area contributed by atoms with Crippen LogP contribution in [-0.4, -0.2) is 23.4 Å². The summed E-state index contributed by atoms with van der Waals surface area (Å²) >= 11 is 0. The van der Waals surface area contributed by atoms with Crippen LogP contribution in [0, 0.1) is 10.1 Å². The van der Waals surface area contributed by atoms with E-state index in [1.807, 2.05) is 0 Å². The van der Waals surface area contributed by atoms with Crippen LogP contribution in [0.15, 0.2) is 0 Å². The lowest BCUT2D eigenvalue weighted by molar-refractivity contribution is -0.737. The Morgan fingerprint density at radius 2 is 2.33 bits per heavy atom. The van der Waals surface area contributed by atoms with E-state index in [1.54, 1.807) is 0 Å². The first kappa shape index (κ1) is 6.28. The second-order valence-electron chi connectivity index (χ2n) is 1.85. The molecule has 9 heavy (non-hydrogen) atoms. The van der Waals surface area contributed by atoms with Crippen molar-refractivity contribution in [3.8, 4) is 0 Å². The SMILES string of the molecule is O=[N+]([O-])N1CCCCO1. The first-order valence-corrected chi connectivity index (χ1v) is 2.85. The Balaban J connectivity index is 2.31. The third kappa shape index (κ3) is 1.53. The summed E-state index contributed by atoms with van der Waals surface area (Å²) in [6.45, 7) is 0.883. The molecule has 0 saturated carbocycles. The van der Waals surface area contributed by atoms with Gasteiger partial charge >= 0.3 is 0 Å². The molecule has 0 aromatic carbocycles. The molecule has 1 fully saturated rings. The predicted molar refractivity (Wildman–Crippen MR) is 28.9 cm³/mol. The lowest BCUT2D eigenvalue weighted by Gasteiger charge is -2.16. The van der Waals surface area contributed by atoms with Crippen molar-refractivity contribution in [2.75, 3.05) is 13.2 Å². The molecule has 1 aliphatic rings. The Morgan fingerprint density at radius 1 is 1.56 bits per heavy atom. The standard InChI is InChI=1S/C4H8N2O3/c7-6(8)5-3-1-2-4-9-5/h1-4H2.